The van der Waals surface area contributed by atoms with Crippen molar-refractivity contribution in [3.05, 3.63) is 99.5 Å². The summed E-state index contributed by atoms with van der Waals surface area (Å²) in [6.07, 6.45) is 6.60. The lowest BCUT2D eigenvalue weighted by molar-refractivity contribution is 0.686. The summed E-state index contributed by atoms with van der Waals surface area (Å²) >= 11 is 5.37. The van der Waals surface area contributed by atoms with Crippen molar-refractivity contribution in [2.24, 2.45) is 4.99 Å². The first-order valence-electron chi connectivity index (χ1n) is 9.72. The van der Waals surface area contributed by atoms with Gasteiger partial charge in [-0.25, -0.2) is 4.99 Å². The number of hydrogen-bond donors (Lipinski definition) is 1. The van der Waals surface area contributed by atoms with Crippen molar-refractivity contribution in [3.8, 4) is 11.3 Å². The van der Waals surface area contributed by atoms with Crippen LogP contribution in [-0.2, 0) is 13.0 Å². The highest BCUT2D eigenvalue weighted by atomic mass is 79.9. The zero-order chi connectivity index (χ0) is 20.3. The first kappa shape index (κ1) is 19.0. The van der Waals surface area contributed by atoms with E-state index in [1.165, 1.54) is 22.0 Å². The van der Waals surface area contributed by atoms with Crippen LogP contribution in [0.2, 0.25) is 0 Å². The third-order valence-corrected chi connectivity index (χ3v) is 6.65. The Morgan fingerprint density at radius 2 is 1.90 bits per heavy atom. The van der Waals surface area contributed by atoms with Crippen molar-refractivity contribution < 1.29 is 0 Å². The molecular formula is C24H19BrN4S. The molecule has 3 heterocycles. The van der Waals surface area contributed by atoms with Gasteiger partial charge in [0.1, 0.15) is 0 Å². The van der Waals surface area contributed by atoms with E-state index in [1.54, 1.807) is 23.7 Å². The standard InChI is InChI=1S/C24H19BrN4S/c25-21-9-3-1-8-20(21)23-16-30-24(28-18-6-5-12-26-15-18)29(23)13-11-17-14-27-22-10-4-2-7-19(17)22/h1-10,12,14-16,27H,11,13H2. The summed E-state index contributed by atoms with van der Waals surface area (Å²) in [4.78, 5) is 13.4. The van der Waals surface area contributed by atoms with Crippen molar-refractivity contribution in [3.63, 3.8) is 0 Å². The molecule has 30 heavy (non-hydrogen) atoms. The molecule has 2 aromatic carbocycles. The molecular weight excluding hydrogens is 456 g/mol. The molecule has 0 aliphatic carbocycles. The summed E-state index contributed by atoms with van der Waals surface area (Å²) in [5.41, 5.74) is 5.68. The summed E-state index contributed by atoms with van der Waals surface area (Å²) in [7, 11) is 0. The van der Waals surface area contributed by atoms with Crippen molar-refractivity contribution in [1.29, 1.82) is 0 Å². The van der Waals surface area contributed by atoms with Gasteiger partial charge in [-0.15, -0.1) is 11.3 Å². The highest BCUT2D eigenvalue weighted by molar-refractivity contribution is 9.10. The molecule has 3 aromatic heterocycles. The van der Waals surface area contributed by atoms with Gasteiger partial charge in [-0.2, -0.15) is 0 Å². The summed E-state index contributed by atoms with van der Waals surface area (Å²) in [6.45, 7) is 0.834. The maximum absolute atomic E-state index is 4.88. The van der Waals surface area contributed by atoms with E-state index in [9.17, 15) is 0 Å². The Kier molecular flexibility index (Phi) is 5.34. The third kappa shape index (κ3) is 3.76. The molecule has 0 bridgehead atoms. The second-order valence-corrected chi connectivity index (χ2v) is 8.66. The average molecular weight is 475 g/mol. The second kappa shape index (κ2) is 8.42. The van der Waals surface area contributed by atoms with E-state index >= 15 is 0 Å². The van der Waals surface area contributed by atoms with Gasteiger partial charge in [-0.1, -0.05) is 52.3 Å². The van der Waals surface area contributed by atoms with Crippen LogP contribution in [0.15, 0.2) is 94.1 Å². The van der Waals surface area contributed by atoms with Crippen LogP contribution in [0.25, 0.3) is 22.2 Å². The number of nitrogens with one attached hydrogen (secondary N) is 1. The number of aromatic amines is 1. The van der Waals surface area contributed by atoms with Crippen LogP contribution < -0.4 is 4.80 Å². The van der Waals surface area contributed by atoms with Gasteiger partial charge in [0, 0.05) is 45.3 Å². The molecule has 1 N–H and O–H groups in total. The number of halogens is 1. The molecule has 5 rings (SSSR count). The fourth-order valence-corrected chi connectivity index (χ4v) is 5.05. The molecule has 5 aromatic rings. The maximum atomic E-state index is 4.88. The smallest absolute Gasteiger partial charge is 0.190 e. The van der Waals surface area contributed by atoms with Gasteiger partial charge < -0.3 is 9.55 Å². The monoisotopic (exact) mass is 474 g/mol. The van der Waals surface area contributed by atoms with Crippen molar-refractivity contribution >= 4 is 43.9 Å². The molecule has 0 radical (unpaired) electrons. The minimum atomic E-state index is 0.834. The number of rotatable bonds is 5. The van der Waals surface area contributed by atoms with Gasteiger partial charge in [-0.3, -0.25) is 4.98 Å². The number of pyridine rings is 1. The topological polar surface area (TPSA) is 46.0 Å². The highest BCUT2D eigenvalue weighted by Gasteiger charge is 2.12. The van der Waals surface area contributed by atoms with E-state index in [-0.39, 0.29) is 0 Å². The molecule has 0 unspecified atom stereocenters. The quantitative estimate of drug-likeness (QED) is 0.317. The lowest BCUT2D eigenvalue weighted by atomic mass is 10.1. The first-order valence-corrected chi connectivity index (χ1v) is 11.4. The van der Waals surface area contributed by atoms with Gasteiger partial charge in [0.05, 0.1) is 17.6 Å². The van der Waals surface area contributed by atoms with E-state index < -0.39 is 0 Å². The van der Waals surface area contributed by atoms with Gasteiger partial charge in [0.15, 0.2) is 4.80 Å². The van der Waals surface area contributed by atoms with Crippen LogP contribution in [0.5, 0.6) is 0 Å². The summed E-state index contributed by atoms with van der Waals surface area (Å²) in [5.74, 6) is 0. The van der Waals surface area contributed by atoms with Crippen molar-refractivity contribution in [2.75, 3.05) is 0 Å². The van der Waals surface area contributed by atoms with Crippen molar-refractivity contribution in [1.82, 2.24) is 14.5 Å². The maximum Gasteiger partial charge on any atom is 0.190 e. The Hall–Kier alpha value is -2.96. The van der Waals surface area contributed by atoms with E-state index in [1.807, 2.05) is 18.2 Å². The summed E-state index contributed by atoms with van der Waals surface area (Å²) < 4.78 is 3.39. The Bertz CT molecular complexity index is 1360. The lowest BCUT2D eigenvalue weighted by Gasteiger charge is -2.10. The number of nitrogens with zero attached hydrogens (tertiary/aromatic N) is 3. The Balaban J connectivity index is 1.58. The molecule has 0 atom stereocenters. The molecule has 148 valence electrons. The largest absolute Gasteiger partial charge is 0.361 e. The van der Waals surface area contributed by atoms with Crippen LogP contribution in [-0.4, -0.2) is 14.5 Å². The predicted molar refractivity (Wildman–Crippen MR) is 127 cm³/mol. The van der Waals surface area contributed by atoms with Gasteiger partial charge in [0.25, 0.3) is 0 Å². The molecule has 0 fully saturated rings. The predicted octanol–water partition coefficient (Wildman–Crippen LogP) is 6.33. The fraction of sp³-hybridized carbons (Fsp3) is 0.0833. The van der Waals surface area contributed by atoms with Crippen LogP contribution in [0, 0.1) is 0 Å². The second-order valence-electron chi connectivity index (χ2n) is 6.97. The molecule has 0 saturated carbocycles. The number of para-hydroxylation sites is 1. The van der Waals surface area contributed by atoms with Crippen LogP contribution in [0.4, 0.5) is 5.69 Å². The van der Waals surface area contributed by atoms with Crippen LogP contribution in [0.3, 0.4) is 0 Å². The Labute approximate surface area is 186 Å². The van der Waals surface area contributed by atoms with E-state index in [0.29, 0.717) is 0 Å². The number of aromatic nitrogens is 3. The molecule has 0 amide bonds. The zero-order valence-electron chi connectivity index (χ0n) is 16.1. The first-order chi connectivity index (χ1) is 14.8. The number of fused-ring (bicyclic) bond motifs is 1. The van der Waals surface area contributed by atoms with E-state index in [2.05, 4.69) is 84.5 Å². The average Bonchev–Trinajstić information content (AvgIpc) is 3.37. The number of aryl methyl sites for hydroxylation is 1. The van der Waals surface area contributed by atoms with Gasteiger partial charge >= 0.3 is 0 Å². The number of thiazole rings is 1. The minimum absolute atomic E-state index is 0.834. The van der Waals surface area contributed by atoms with E-state index in [4.69, 9.17) is 4.99 Å². The number of H-pyrrole nitrogens is 1. The molecule has 4 nitrogen and oxygen atoms in total. The highest BCUT2D eigenvalue weighted by Crippen LogP contribution is 2.29. The molecule has 6 heteroatoms. The van der Waals surface area contributed by atoms with Crippen LogP contribution >= 0.6 is 27.3 Å². The lowest BCUT2D eigenvalue weighted by Crippen LogP contribution is -2.17. The number of hydrogen-bond acceptors (Lipinski definition) is 3. The van der Waals surface area contributed by atoms with E-state index in [0.717, 1.165) is 33.6 Å². The fourth-order valence-electron chi connectivity index (χ4n) is 3.62. The zero-order valence-corrected chi connectivity index (χ0v) is 18.5. The normalized spacial score (nSPS) is 12.0. The number of benzene rings is 2. The van der Waals surface area contributed by atoms with Gasteiger partial charge in [-0.05, 0) is 36.2 Å². The molecule has 0 aliphatic heterocycles. The third-order valence-electron chi connectivity index (χ3n) is 5.10. The Morgan fingerprint density at radius 1 is 1.03 bits per heavy atom. The minimum Gasteiger partial charge on any atom is -0.361 e. The van der Waals surface area contributed by atoms with Crippen LogP contribution in [0.1, 0.15) is 5.56 Å². The summed E-state index contributed by atoms with van der Waals surface area (Å²) in [6, 6.07) is 20.7. The molecule has 0 saturated heterocycles. The Morgan fingerprint density at radius 3 is 2.77 bits per heavy atom. The summed E-state index contributed by atoms with van der Waals surface area (Å²) in [5, 5.41) is 3.46. The molecule has 0 aliphatic rings. The SMILES string of the molecule is Brc1ccccc1-c1csc(=Nc2cccnc2)n1CCc1c[nH]c2ccccc12. The van der Waals surface area contributed by atoms with Crippen molar-refractivity contribution in [2.45, 2.75) is 13.0 Å². The van der Waals surface area contributed by atoms with Gasteiger partial charge in [0.2, 0.25) is 0 Å². The molecule has 0 spiro atoms.